The van der Waals surface area contributed by atoms with Gasteiger partial charge < -0.3 is 93.6 Å². The van der Waals surface area contributed by atoms with Crippen molar-refractivity contribution in [3.05, 3.63) is 190 Å². The second-order valence-electron chi connectivity index (χ2n) is 18.6. The highest BCUT2D eigenvalue weighted by Gasteiger charge is 2.10. The van der Waals surface area contributed by atoms with Crippen LogP contribution in [0.3, 0.4) is 0 Å². The van der Waals surface area contributed by atoms with Gasteiger partial charge in [-0.25, -0.2) is 0 Å². The summed E-state index contributed by atoms with van der Waals surface area (Å²) in [6.07, 6.45) is 2.57. The Bertz CT molecular complexity index is 3360. The summed E-state index contributed by atoms with van der Waals surface area (Å²) < 4.78 is 62.3. The first-order valence-corrected chi connectivity index (χ1v) is 27.5. The number of phenolic OH excluding ortho intramolecular Hbond substituents is 4. The fourth-order valence-corrected chi connectivity index (χ4v) is 8.14. The molecule has 0 fully saturated rings. The van der Waals surface area contributed by atoms with E-state index in [0.29, 0.717) is 66.2 Å². The van der Waals surface area contributed by atoms with Gasteiger partial charge in [-0.3, -0.25) is 9.79 Å². The Morgan fingerprint density at radius 3 is 0.933 bits per heavy atom. The number of benzene rings is 8. The van der Waals surface area contributed by atoms with E-state index < -0.39 is 0 Å². The van der Waals surface area contributed by atoms with Gasteiger partial charge in [0.1, 0.15) is 6.29 Å². The second kappa shape index (κ2) is 38.7. The van der Waals surface area contributed by atoms with Gasteiger partial charge in [0.05, 0.1) is 91.9 Å². The molecule has 0 saturated heterocycles. The maximum atomic E-state index is 10.4. The van der Waals surface area contributed by atoms with Crippen LogP contribution in [0.1, 0.15) is 49.3 Å². The molecule has 0 spiro atoms. The summed E-state index contributed by atoms with van der Waals surface area (Å²) in [4.78, 5) is 14.8. The zero-order valence-corrected chi connectivity index (χ0v) is 52.4. The summed E-state index contributed by atoms with van der Waals surface area (Å²) in [7, 11) is 19.3. The van der Waals surface area contributed by atoms with E-state index in [2.05, 4.69) is 15.6 Å². The molecule has 0 aliphatic heterocycles. The molecule has 0 aromatic heterocycles. The van der Waals surface area contributed by atoms with Crippen LogP contribution in [0.25, 0.3) is 0 Å². The lowest BCUT2D eigenvalue weighted by Crippen LogP contribution is -2.13. The Morgan fingerprint density at radius 2 is 0.596 bits per heavy atom. The molecule has 8 N–H and O–H groups in total. The second-order valence-corrected chi connectivity index (χ2v) is 18.6. The SMILES string of the molecule is COc1ccc(C=NCc2ccc(OC)c(OC)c2)cc1OC.COc1ccc(C=O)cc1OC.COc1ccc(CN)cc1OC.COc1ccc(CNCc2ccc(OC)c(OC)c2)cc1OC.Oc1ccc(CNCc2ccc(O)c(O)c2)cc1O. The summed E-state index contributed by atoms with van der Waals surface area (Å²) in [6, 6.07) is 43.1. The van der Waals surface area contributed by atoms with Crippen LogP contribution in [-0.2, 0) is 39.3 Å². The van der Waals surface area contributed by atoms with Crippen molar-refractivity contribution in [1.82, 2.24) is 10.6 Å². The molecule has 0 unspecified atom stereocenters. The first-order valence-electron chi connectivity index (χ1n) is 27.5. The van der Waals surface area contributed by atoms with Gasteiger partial charge >= 0.3 is 0 Å². The molecule has 0 saturated carbocycles. The van der Waals surface area contributed by atoms with E-state index in [1.165, 1.54) is 31.4 Å². The quantitative estimate of drug-likeness (QED) is 0.0159. The Hall–Kier alpha value is -10.2. The lowest BCUT2D eigenvalue weighted by atomic mass is 10.1. The van der Waals surface area contributed by atoms with Gasteiger partial charge in [0.2, 0.25) is 0 Å². The maximum Gasteiger partial charge on any atom is 0.161 e. The predicted molar refractivity (Wildman–Crippen MR) is 342 cm³/mol. The molecule has 0 atom stereocenters. The lowest BCUT2D eigenvalue weighted by Gasteiger charge is -2.12. The van der Waals surface area contributed by atoms with E-state index >= 15 is 0 Å². The average molecular weight is 1230 g/mol. The zero-order valence-electron chi connectivity index (χ0n) is 52.4. The number of rotatable bonds is 25. The number of nitrogens with one attached hydrogen (secondary N) is 2. The van der Waals surface area contributed by atoms with Gasteiger partial charge in [-0.1, -0.05) is 36.4 Å². The third-order valence-electron chi connectivity index (χ3n) is 12.9. The van der Waals surface area contributed by atoms with Crippen LogP contribution in [0.2, 0.25) is 0 Å². The normalized spacial score (nSPS) is 10.2. The van der Waals surface area contributed by atoms with E-state index in [1.54, 1.807) is 115 Å². The van der Waals surface area contributed by atoms with Gasteiger partial charge in [0.25, 0.3) is 0 Å². The first kappa shape index (κ1) is 71.3. The topological polar surface area (TPSA) is 271 Å². The molecule has 0 aliphatic rings. The van der Waals surface area contributed by atoms with E-state index in [4.69, 9.17) is 62.6 Å². The fraction of sp³-hybridized carbons (Fsp3) is 0.265. The molecular weight excluding hydrogens is 1140 g/mol. The summed E-state index contributed by atoms with van der Waals surface area (Å²) in [5, 5.41) is 43.6. The molecule has 8 rings (SSSR count). The van der Waals surface area contributed by atoms with Crippen LogP contribution in [0, 0.1) is 0 Å². The largest absolute Gasteiger partial charge is 0.504 e. The van der Waals surface area contributed by atoms with E-state index in [1.807, 2.05) is 91.0 Å². The highest BCUT2D eigenvalue weighted by atomic mass is 16.5. The van der Waals surface area contributed by atoms with Gasteiger partial charge in [0, 0.05) is 44.5 Å². The molecular formula is C68H82N4O17. The molecule has 21 heteroatoms. The summed E-state index contributed by atoms with van der Waals surface area (Å²) in [6.45, 7) is 3.55. The van der Waals surface area contributed by atoms with E-state index in [9.17, 15) is 25.2 Å². The number of carbonyl (C=O) groups excluding carboxylic acids is 1. The molecule has 21 nitrogen and oxygen atoms in total. The molecule has 0 radical (unpaired) electrons. The van der Waals surface area contributed by atoms with Gasteiger partial charge in [0.15, 0.2) is 92.0 Å². The molecule has 8 aromatic rings. The van der Waals surface area contributed by atoms with Crippen molar-refractivity contribution >= 4 is 12.5 Å². The first-order chi connectivity index (χ1) is 43.1. The van der Waals surface area contributed by atoms with Crippen molar-refractivity contribution in [3.63, 3.8) is 0 Å². The van der Waals surface area contributed by atoms with E-state index in [0.717, 1.165) is 92.8 Å². The fourth-order valence-electron chi connectivity index (χ4n) is 8.14. The van der Waals surface area contributed by atoms with Crippen molar-refractivity contribution in [2.45, 2.75) is 39.3 Å². The number of hydrogen-bond donors (Lipinski definition) is 7. The monoisotopic (exact) mass is 1230 g/mol. The predicted octanol–water partition coefficient (Wildman–Crippen LogP) is 10.8. The summed E-state index contributed by atoms with van der Waals surface area (Å²) in [5.74, 6) is 7.78. The van der Waals surface area contributed by atoms with Gasteiger partial charge in [-0.15, -0.1) is 0 Å². The van der Waals surface area contributed by atoms with Crippen LogP contribution in [0.5, 0.6) is 92.0 Å². The number of ether oxygens (including phenoxy) is 12. The Morgan fingerprint density at radius 1 is 0.326 bits per heavy atom. The van der Waals surface area contributed by atoms with Crippen molar-refractivity contribution in [2.24, 2.45) is 10.7 Å². The average Bonchev–Trinajstić information content (AvgIpc) is 3.78. The van der Waals surface area contributed by atoms with E-state index in [-0.39, 0.29) is 23.0 Å². The number of aliphatic imine (C=N–C) groups is 1. The van der Waals surface area contributed by atoms with Crippen LogP contribution >= 0.6 is 0 Å². The molecule has 476 valence electrons. The Balaban J connectivity index is 0.000000244. The third-order valence-corrected chi connectivity index (χ3v) is 12.9. The van der Waals surface area contributed by atoms with Crippen molar-refractivity contribution in [3.8, 4) is 92.0 Å². The smallest absolute Gasteiger partial charge is 0.161 e. The number of methoxy groups -OCH3 is 12. The van der Waals surface area contributed by atoms with Gasteiger partial charge in [-0.2, -0.15) is 0 Å². The molecule has 0 amide bonds. The number of nitrogens with two attached hydrogens (primary N) is 1. The summed E-state index contributed by atoms with van der Waals surface area (Å²) >= 11 is 0. The number of aromatic hydroxyl groups is 4. The molecule has 8 aromatic carbocycles. The van der Waals surface area contributed by atoms with Crippen LogP contribution < -0.4 is 73.2 Å². The van der Waals surface area contributed by atoms with Crippen molar-refractivity contribution in [1.29, 1.82) is 0 Å². The number of nitrogens with zero attached hydrogens (tertiary/aromatic N) is 1. The molecule has 0 aliphatic carbocycles. The molecule has 0 bridgehead atoms. The van der Waals surface area contributed by atoms with Crippen molar-refractivity contribution < 1.29 is 82.1 Å². The van der Waals surface area contributed by atoms with Crippen LogP contribution in [0.4, 0.5) is 0 Å². The maximum absolute atomic E-state index is 10.4. The third kappa shape index (κ3) is 22.9. The minimum Gasteiger partial charge on any atom is -0.504 e. The highest BCUT2D eigenvalue weighted by Crippen LogP contribution is 2.33. The lowest BCUT2D eigenvalue weighted by molar-refractivity contribution is 0.112. The van der Waals surface area contributed by atoms with Crippen molar-refractivity contribution in [2.75, 3.05) is 85.3 Å². The van der Waals surface area contributed by atoms with Gasteiger partial charge in [-0.05, 0) is 148 Å². The zero-order chi connectivity index (χ0) is 65.1. The minimum atomic E-state index is -0.151. The molecule has 89 heavy (non-hydrogen) atoms. The molecule has 0 heterocycles. The van der Waals surface area contributed by atoms with Crippen LogP contribution in [-0.4, -0.2) is 118 Å². The summed E-state index contributed by atoms with van der Waals surface area (Å²) in [5.41, 5.74) is 13.0. The number of phenols is 4. The Labute approximate surface area is 520 Å². The number of hydrogen-bond acceptors (Lipinski definition) is 21. The number of aldehydes is 1. The number of carbonyl (C=O) groups is 1. The van der Waals surface area contributed by atoms with Crippen LogP contribution in [0.15, 0.2) is 151 Å². The minimum absolute atomic E-state index is 0.146. The highest BCUT2D eigenvalue weighted by molar-refractivity contribution is 5.81. The standard InChI is InChI=1S/C18H23NO4.C18H21NO4.C14H15NO4.C9H13NO2.C9H10O3/c2*1-20-15-7-5-13(9-17(15)22-3)11-19-12-14-6-8-16(21-2)18(10-14)23-4;16-11-3-1-9(5-13(11)18)7-15-8-10-2-4-12(17)14(19)6-10;2*1-11-8-4-3-7(6-10)5-9(8)12-2/h5-10,19H,11-12H2,1-4H3;5-11H,12H2,1-4H3;1-6,15-19H,7-8H2;3-5H,6,10H2,1-2H3;3-6H,1-2H3. The Kier molecular flexibility index (Phi) is 31.0.